The quantitative estimate of drug-likeness (QED) is 0.618. The Morgan fingerprint density at radius 3 is 2.73 bits per heavy atom. The number of rotatable bonds is 3. The third-order valence-electron chi connectivity index (χ3n) is 2.01. The van der Waals surface area contributed by atoms with Crippen molar-refractivity contribution < 1.29 is 19.7 Å². The maximum atomic E-state index is 11.0. The lowest BCUT2D eigenvalue weighted by molar-refractivity contribution is -0.142. The first-order valence-electron chi connectivity index (χ1n) is 4.39. The molecule has 5 nitrogen and oxygen atoms in total. The number of esters is 1. The minimum atomic E-state index is -0.814. The van der Waals surface area contributed by atoms with Gasteiger partial charge in [-0.1, -0.05) is 6.07 Å². The normalized spacial score (nSPS) is 12.1. The molecule has 0 saturated heterocycles. The van der Waals surface area contributed by atoms with Gasteiger partial charge in [-0.05, 0) is 11.6 Å². The predicted molar refractivity (Wildman–Crippen MR) is 53.5 cm³/mol. The first kappa shape index (κ1) is 11.3. The number of hydrogen-bond donors (Lipinski definition) is 3. The Balaban J connectivity index is 2.76. The van der Waals surface area contributed by atoms with Gasteiger partial charge in [0.2, 0.25) is 0 Å². The van der Waals surface area contributed by atoms with Crippen LogP contribution in [0.15, 0.2) is 18.2 Å². The van der Waals surface area contributed by atoms with E-state index in [0.29, 0.717) is 5.56 Å². The maximum absolute atomic E-state index is 11.0. The van der Waals surface area contributed by atoms with Crippen molar-refractivity contribution in [3.05, 3.63) is 23.8 Å². The maximum Gasteiger partial charge on any atom is 0.322 e. The molecule has 0 amide bonds. The Bertz CT molecular complexity index is 364. The summed E-state index contributed by atoms with van der Waals surface area (Å²) in [7, 11) is 1.25. The monoisotopic (exact) mass is 211 g/mol. The average molecular weight is 211 g/mol. The summed E-state index contributed by atoms with van der Waals surface area (Å²) in [6.07, 6.45) is 0.165. The summed E-state index contributed by atoms with van der Waals surface area (Å²) in [5.74, 6) is -0.667. The average Bonchev–Trinajstić information content (AvgIpc) is 2.20. The fraction of sp³-hybridized carbons (Fsp3) is 0.300. The van der Waals surface area contributed by atoms with Crippen molar-refractivity contribution in [3.63, 3.8) is 0 Å². The van der Waals surface area contributed by atoms with Crippen LogP contribution >= 0.6 is 0 Å². The zero-order valence-corrected chi connectivity index (χ0v) is 8.30. The molecule has 1 aromatic rings. The van der Waals surface area contributed by atoms with Crippen molar-refractivity contribution in [2.75, 3.05) is 7.11 Å². The molecule has 0 radical (unpaired) electrons. The van der Waals surface area contributed by atoms with Crippen LogP contribution in [0.4, 0.5) is 0 Å². The molecule has 0 aliphatic rings. The predicted octanol–water partition coefficient (Wildman–Crippen LogP) is 0.141. The van der Waals surface area contributed by atoms with Crippen LogP contribution in [0.5, 0.6) is 11.5 Å². The Morgan fingerprint density at radius 1 is 1.53 bits per heavy atom. The van der Waals surface area contributed by atoms with E-state index >= 15 is 0 Å². The topological polar surface area (TPSA) is 92.8 Å². The number of ether oxygens (including phenoxy) is 1. The molecule has 0 spiro atoms. The van der Waals surface area contributed by atoms with E-state index in [-0.39, 0.29) is 17.9 Å². The first-order valence-corrected chi connectivity index (χ1v) is 4.39. The summed E-state index contributed by atoms with van der Waals surface area (Å²) >= 11 is 0. The molecule has 0 aliphatic heterocycles. The van der Waals surface area contributed by atoms with E-state index in [0.717, 1.165) is 0 Å². The van der Waals surface area contributed by atoms with Crippen LogP contribution in [0.25, 0.3) is 0 Å². The van der Waals surface area contributed by atoms with Gasteiger partial charge in [0.05, 0.1) is 7.11 Å². The first-order chi connectivity index (χ1) is 7.04. The lowest BCUT2D eigenvalue weighted by Gasteiger charge is -2.10. The molecule has 0 aliphatic carbocycles. The highest BCUT2D eigenvalue weighted by Crippen LogP contribution is 2.23. The molecule has 1 atom stereocenters. The number of phenolic OH excluding ortho intramolecular Hbond substituents is 2. The zero-order valence-electron chi connectivity index (χ0n) is 8.30. The summed E-state index contributed by atoms with van der Waals surface area (Å²) in [5, 5.41) is 18.5. The molecule has 0 saturated carbocycles. The van der Waals surface area contributed by atoms with Gasteiger partial charge < -0.3 is 20.7 Å². The minimum absolute atomic E-state index is 0.0390. The van der Waals surface area contributed by atoms with Gasteiger partial charge in [0, 0.05) is 12.5 Å². The SMILES string of the molecule is COC(=O)C(N)Cc1ccc(O)cc1O. The number of aromatic hydroxyl groups is 2. The van der Waals surface area contributed by atoms with E-state index in [4.69, 9.17) is 10.8 Å². The molecule has 0 bridgehead atoms. The van der Waals surface area contributed by atoms with Crippen LogP contribution in [0.1, 0.15) is 5.56 Å². The van der Waals surface area contributed by atoms with Crippen molar-refractivity contribution in [2.45, 2.75) is 12.5 Å². The Kier molecular flexibility index (Phi) is 3.51. The summed E-state index contributed by atoms with van der Waals surface area (Å²) in [6, 6.07) is 3.30. The highest BCUT2D eigenvalue weighted by atomic mass is 16.5. The van der Waals surface area contributed by atoms with E-state index in [2.05, 4.69) is 4.74 Å². The van der Waals surface area contributed by atoms with Crippen LogP contribution in [-0.4, -0.2) is 29.3 Å². The van der Waals surface area contributed by atoms with E-state index in [1.807, 2.05) is 0 Å². The molecular weight excluding hydrogens is 198 g/mol. The molecule has 82 valence electrons. The van der Waals surface area contributed by atoms with E-state index in [1.54, 1.807) is 0 Å². The van der Waals surface area contributed by atoms with Gasteiger partial charge in [0.1, 0.15) is 17.5 Å². The smallest absolute Gasteiger partial charge is 0.322 e. The molecule has 5 heteroatoms. The highest BCUT2D eigenvalue weighted by Gasteiger charge is 2.16. The van der Waals surface area contributed by atoms with Crippen LogP contribution in [-0.2, 0) is 16.0 Å². The second kappa shape index (κ2) is 4.65. The van der Waals surface area contributed by atoms with E-state index in [9.17, 15) is 9.90 Å². The van der Waals surface area contributed by atoms with Crippen LogP contribution in [0, 0.1) is 0 Å². The molecule has 4 N–H and O–H groups in total. The largest absolute Gasteiger partial charge is 0.508 e. The molecular formula is C10H13NO4. The molecule has 1 unspecified atom stereocenters. The second-order valence-corrected chi connectivity index (χ2v) is 3.15. The van der Waals surface area contributed by atoms with Crippen molar-refractivity contribution >= 4 is 5.97 Å². The van der Waals surface area contributed by atoms with Gasteiger partial charge >= 0.3 is 5.97 Å². The van der Waals surface area contributed by atoms with E-state index < -0.39 is 12.0 Å². The van der Waals surface area contributed by atoms with Gasteiger partial charge in [0.25, 0.3) is 0 Å². The number of benzene rings is 1. The van der Waals surface area contributed by atoms with Gasteiger partial charge in [-0.3, -0.25) is 4.79 Å². The van der Waals surface area contributed by atoms with Gasteiger partial charge in [-0.15, -0.1) is 0 Å². The molecule has 0 aromatic heterocycles. The van der Waals surface area contributed by atoms with Gasteiger partial charge in [0.15, 0.2) is 0 Å². The molecule has 0 heterocycles. The third kappa shape index (κ3) is 2.85. The van der Waals surface area contributed by atoms with Crippen molar-refractivity contribution in [1.82, 2.24) is 0 Å². The molecule has 1 aromatic carbocycles. The minimum Gasteiger partial charge on any atom is -0.508 e. The molecule has 15 heavy (non-hydrogen) atoms. The fourth-order valence-electron chi connectivity index (χ4n) is 1.20. The fourth-order valence-corrected chi connectivity index (χ4v) is 1.20. The van der Waals surface area contributed by atoms with Crippen LogP contribution in [0.2, 0.25) is 0 Å². The number of hydrogen-bond acceptors (Lipinski definition) is 5. The van der Waals surface area contributed by atoms with E-state index in [1.165, 1.54) is 25.3 Å². The van der Waals surface area contributed by atoms with Crippen LogP contribution < -0.4 is 5.73 Å². The van der Waals surface area contributed by atoms with Crippen molar-refractivity contribution in [2.24, 2.45) is 5.73 Å². The summed E-state index contributed by atoms with van der Waals surface area (Å²) in [5.41, 5.74) is 6.01. The molecule has 0 fully saturated rings. The zero-order chi connectivity index (χ0) is 11.4. The summed E-state index contributed by atoms with van der Waals surface area (Å²) in [6.45, 7) is 0. The lowest BCUT2D eigenvalue weighted by atomic mass is 10.1. The number of carbonyl (C=O) groups excluding carboxylic acids is 1. The number of nitrogens with two attached hydrogens (primary N) is 1. The van der Waals surface area contributed by atoms with Crippen molar-refractivity contribution in [1.29, 1.82) is 0 Å². The van der Waals surface area contributed by atoms with Crippen molar-refractivity contribution in [3.8, 4) is 11.5 Å². The summed E-state index contributed by atoms with van der Waals surface area (Å²) < 4.78 is 4.45. The highest BCUT2D eigenvalue weighted by molar-refractivity contribution is 5.75. The standard InChI is InChI=1S/C10H13NO4/c1-15-10(14)8(11)4-6-2-3-7(12)5-9(6)13/h2-3,5,8,12-13H,4,11H2,1H3. The Morgan fingerprint density at radius 2 is 2.20 bits per heavy atom. The number of carbonyl (C=O) groups is 1. The second-order valence-electron chi connectivity index (χ2n) is 3.15. The van der Waals surface area contributed by atoms with Crippen LogP contribution in [0.3, 0.4) is 0 Å². The summed E-state index contributed by atoms with van der Waals surface area (Å²) in [4.78, 5) is 11.0. The third-order valence-corrected chi connectivity index (χ3v) is 2.01. The lowest BCUT2D eigenvalue weighted by Crippen LogP contribution is -2.33. The number of phenols is 2. The van der Waals surface area contributed by atoms with Gasteiger partial charge in [-0.2, -0.15) is 0 Å². The van der Waals surface area contributed by atoms with Gasteiger partial charge in [-0.25, -0.2) is 0 Å². The Labute approximate surface area is 87.1 Å². The Hall–Kier alpha value is -1.75. The molecule has 1 rings (SSSR count). The number of methoxy groups -OCH3 is 1.